The van der Waals surface area contributed by atoms with Crippen molar-refractivity contribution < 1.29 is 14.7 Å². The molecule has 7 heteroatoms. The standard InChI is InChI=1S/C20H24ClN3O3/c1-4-17-16(11-22-24(17)15-7-5-6-14(21)10-15)18(25)23-9-8-20(12-23,13(2)3)19(26)27/h5-7,10-11,13H,4,8-9,12H2,1-3H3,(H,26,27). The van der Waals surface area contributed by atoms with Crippen LogP contribution in [0, 0.1) is 11.3 Å². The van der Waals surface area contributed by atoms with Gasteiger partial charge in [-0.05, 0) is 37.0 Å². The number of carbonyl (C=O) groups excluding carboxylic acids is 1. The maximum absolute atomic E-state index is 13.1. The molecule has 6 nitrogen and oxygen atoms in total. The van der Waals surface area contributed by atoms with E-state index in [0.29, 0.717) is 30.0 Å². The first kappa shape index (κ1) is 19.4. The Morgan fingerprint density at radius 1 is 1.37 bits per heavy atom. The van der Waals surface area contributed by atoms with Crippen LogP contribution in [0.3, 0.4) is 0 Å². The molecule has 1 saturated heterocycles. The number of carboxylic acid groups (broad SMARTS) is 1. The van der Waals surface area contributed by atoms with Crippen LogP contribution in [0.25, 0.3) is 5.69 Å². The van der Waals surface area contributed by atoms with Crippen LogP contribution in [0.4, 0.5) is 0 Å². The van der Waals surface area contributed by atoms with Crippen LogP contribution in [-0.4, -0.2) is 44.8 Å². The highest BCUT2D eigenvalue weighted by Crippen LogP contribution is 2.39. The second-order valence-corrected chi connectivity index (χ2v) is 7.78. The third-order valence-corrected chi connectivity index (χ3v) is 5.84. The Labute approximate surface area is 163 Å². The number of benzene rings is 1. The summed E-state index contributed by atoms with van der Waals surface area (Å²) in [7, 11) is 0. The fraction of sp³-hybridized carbons (Fsp3) is 0.450. The number of carboxylic acids is 1. The van der Waals surface area contributed by atoms with Crippen molar-refractivity contribution in [1.82, 2.24) is 14.7 Å². The van der Waals surface area contributed by atoms with Crippen LogP contribution >= 0.6 is 11.6 Å². The number of amides is 1. The molecule has 1 N–H and O–H groups in total. The van der Waals surface area contributed by atoms with E-state index in [4.69, 9.17) is 11.6 Å². The van der Waals surface area contributed by atoms with Gasteiger partial charge in [-0.25, -0.2) is 4.68 Å². The minimum absolute atomic E-state index is 0.0485. The van der Waals surface area contributed by atoms with E-state index in [1.165, 1.54) is 0 Å². The Kier molecular flexibility index (Phi) is 5.29. The van der Waals surface area contributed by atoms with Crippen molar-refractivity contribution in [2.75, 3.05) is 13.1 Å². The molecular weight excluding hydrogens is 366 g/mol. The van der Waals surface area contributed by atoms with Crippen molar-refractivity contribution in [1.29, 1.82) is 0 Å². The molecule has 0 saturated carbocycles. The number of nitrogens with zero attached hydrogens (tertiary/aromatic N) is 3. The van der Waals surface area contributed by atoms with E-state index in [2.05, 4.69) is 5.10 Å². The van der Waals surface area contributed by atoms with Crippen molar-refractivity contribution in [2.45, 2.75) is 33.6 Å². The van der Waals surface area contributed by atoms with Crippen molar-refractivity contribution in [3.8, 4) is 5.69 Å². The lowest BCUT2D eigenvalue weighted by atomic mass is 9.76. The van der Waals surface area contributed by atoms with Crippen LogP contribution in [-0.2, 0) is 11.2 Å². The maximum Gasteiger partial charge on any atom is 0.311 e. The summed E-state index contributed by atoms with van der Waals surface area (Å²) in [5.41, 5.74) is 1.22. The zero-order chi connectivity index (χ0) is 19.8. The molecule has 2 aromatic rings. The SMILES string of the molecule is CCc1c(C(=O)N2CCC(C(=O)O)(C(C)C)C2)cnn1-c1cccc(Cl)c1. The molecule has 2 heterocycles. The summed E-state index contributed by atoms with van der Waals surface area (Å²) in [4.78, 5) is 26.6. The highest BCUT2D eigenvalue weighted by atomic mass is 35.5. The molecule has 1 atom stereocenters. The van der Waals surface area contributed by atoms with Crippen molar-refractivity contribution >= 4 is 23.5 Å². The Bertz CT molecular complexity index is 877. The Balaban J connectivity index is 1.92. The Hall–Kier alpha value is -2.34. The molecule has 1 fully saturated rings. The molecule has 144 valence electrons. The smallest absolute Gasteiger partial charge is 0.311 e. The topological polar surface area (TPSA) is 75.4 Å². The molecule has 3 rings (SSSR count). The van der Waals surface area contributed by atoms with Crippen molar-refractivity contribution in [2.24, 2.45) is 11.3 Å². The van der Waals surface area contributed by atoms with Crippen LogP contribution in [0.2, 0.25) is 5.02 Å². The molecule has 0 aliphatic carbocycles. The molecule has 1 aliphatic rings. The molecule has 0 radical (unpaired) electrons. The number of hydrogen-bond donors (Lipinski definition) is 1. The highest BCUT2D eigenvalue weighted by Gasteiger charge is 2.48. The quantitative estimate of drug-likeness (QED) is 0.846. The van der Waals surface area contributed by atoms with E-state index in [9.17, 15) is 14.7 Å². The van der Waals surface area contributed by atoms with E-state index >= 15 is 0 Å². The first-order valence-electron chi connectivity index (χ1n) is 9.15. The predicted molar refractivity (Wildman–Crippen MR) is 103 cm³/mol. The number of aromatic nitrogens is 2. The number of halogens is 1. The normalized spacial score (nSPS) is 19.7. The molecule has 1 aromatic carbocycles. The van der Waals surface area contributed by atoms with E-state index in [-0.39, 0.29) is 18.4 Å². The molecule has 1 aromatic heterocycles. The second-order valence-electron chi connectivity index (χ2n) is 7.34. The molecule has 1 unspecified atom stereocenters. The third-order valence-electron chi connectivity index (χ3n) is 5.61. The lowest BCUT2D eigenvalue weighted by Crippen LogP contribution is -2.40. The lowest BCUT2D eigenvalue weighted by Gasteiger charge is -2.28. The van der Waals surface area contributed by atoms with Gasteiger partial charge in [0.2, 0.25) is 0 Å². The summed E-state index contributed by atoms with van der Waals surface area (Å²) in [5, 5.41) is 14.7. The van der Waals surface area contributed by atoms with E-state index in [1.807, 2.05) is 32.9 Å². The Morgan fingerprint density at radius 3 is 2.67 bits per heavy atom. The molecule has 27 heavy (non-hydrogen) atoms. The summed E-state index contributed by atoms with van der Waals surface area (Å²) < 4.78 is 1.72. The van der Waals surface area contributed by atoms with Crippen molar-refractivity contribution in [3.63, 3.8) is 0 Å². The van der Waals surface area contributed by atoms with Gasteiger partial charge in [0.25, 0.3) is 5.91 Å². The van der Waals surface area contributed by atoms with Gasteiger partial charge < -0.3 is 10.0 Å². The molecular formula is C20H24ClN3O3. The van der Waals surface area contributed by atoms with E-state index in [0.717, 1.165) is 11.4 Å². The Morgan fingerprint density at radius 2 is 2.11 bits per heavy atom. The first-order valence-corrected chi connectivity index (χ1v) is 9.53. The van der Waals surface area contributed by atoms with Gasteiger partial charge in [-0.3, -0.25) is 9.59 Å². The van der Waals surface area contributed by atoms with Crippen LogP contribution in [0.5, 0.6) is 0 Å². The van der Waals surface area contributed by atoms with Gasteiger partial charge in [-0.2, -0.15) is 5.10 Å². The van der Waals surface area contributed by atoms with Crippen LogP contribution in [0.15, 0.2) is 30.5 Å². The summed E-state index contributed by atoms with van der Waals surface area (Å²) in [6.07, 6.45) is 2.66. The second kappa shape index (κ2) is 7.35. The zero-order valence-corrected chi connectivity index (χ0v) is 16.5. The van der Waals surface area contributed by atoms with Gasteiger partial charge in [0, 0.05) is 18.1 Å². The van der Waals surface area contributed by atoms with Crippen LogP contribution in [0.1, 0.15) is 43.2 Å². The summed E-state index contributed by atoms with van der Waals surface area (Å²) in [5.74, 6) is -1.05. The average molecular weight is 390 g/mol. The van der Waals surface area contributed by atoms with Gasteiger partial charge in [0.15, 0.2) is 0 Å². The molecule has 0 bridgehead atoms. The number of likely N-dealkylation sites (tertiary alicyclic amines) is 1. The van der Waals surface area contributed by atoms with Crippen LogP contribution < -0.4 is 0 Å². The minimum atomic E-state index is -0.884. The third kappa shape index (κ3) is 3.34. The molecule has 0 spiro atoms. The number of rotatable bonds is 5. The largest absolute Gasteiger partial charge is 0.481 e. The minimum Gasteiger partial charge on any atom is -0.481 e. The highest BCUT2D eigenvalue weighted by molar-refractivity contribution is 6.30. The van der Waals surface area contributed by atoms with Gasteiger partial charge in [-0.15, -0.1) is 0 Å². The molecule has 1 aliphatic heterocycles. The fourth-order valence-corrected chi connectivity index (χ4v) is 3.98. The average Bonchev–Trinajstić information content (AvgIpc) is 3.26. The maximum atomic E-state index is 13.1. The van der Waals surface area contributed by atoms with Gasteiger partial charge in [0.1, 0.15) is 0 Å². The van der Waals surface area contributed by atoms with Crippen molar-refractivity contribution in [3.05, 3.63) is 46.7 Å². The predicted octanol–water partition coefficient (Wildman–Crippen LogP) is 3.66. The zero-order valence-electron chi connectivity index (χ0n) is 15.8. The van der Waals surface area contributed by atoms with E-state index < -0.39 is 11.4 Å². The fourth-order valence-electron chi connectivity index (χ4n) is 3.79. The summed E-state index contributed by atoms with van der Waals surface area (Å²) >= 11 is 6.08. The molecule has 1 amide bonds. The number of carbonyl (C=O) groups is 2. The first-order chi connectivity index (χ1) is 12.8. The monoisotopic (exact) mass is 389 g/mol. The van der Waals surface area contributed by atoms with Gasteiger partial charge in [0.05, 0.1) is 28.6 Å². The van der Waals surface area contributed by atoms with Gasteiger partial charge >= 0.3 is 5.97 Å². The lowest BCUT2D eigenvalue weighted by molar-refractivity contribution is -0.150. The summed E-state index contributed by atoms with van der Waals surface area (Å²) in [6, 6.07) is 7.31. The number of hydrogen-bond acceptors (Lipinski definition) is 3. The van der Waals surface area contributed by atoms with E-state index in [1.54, 1.807) is 27.9 Å². The number of aliphatic carboxylic acids is 1. The summed E-state index contributed by atoms with van der Waals surface area (Å²) in [6.45, 7) is 6.43. The van der Waals surface area contributed by atoms with Gasteiger partial charge in [-0.1, -0.05) is 38.4 Å².